The molecule has 0 amide bonds. The lowest BCUT2D eigenvalue weighted by Gasteiger charge is -2.48. The predicted octanol–water partition coefficient (Wildman–Crippen LogP) is 3.69. The molecule has 3 heterocycles. The maximum atomic E-state index is 12.1. The van der Waals surface area contributed by atoms with Crippen molar-refractivity contribution in [3.8, 4) is 0 Å². The van der Waals surface area contributed by atoms with Crippen LogP contribution in [0, 0.1) is 0 Å². The molecule has 1 N–H and O–H groups in total. The lowest BCUT2D eigenvalue weighted by molar-refractivity contribution is -0.146. The number of rotatable bonds is 4. The van der Waals surface area contributed by atoms with Crippen molar-refractivity contribution in [1.82, 2.24) is 14.8 Å². The van der Waals surface area contributed by atoms with Gasteiger partial charge in [0.2, 0.25) is 0 Å². The third kappa shape index (κ3) is 3.34. The number of H-pyrrole nitrogens is 1. The van der Waals surface area contributed by atoms with Crippen LogP contribution in [0.25, 0.3) is 10.9 Å². The van der Waals surface area contributed by atoms with Crippen LogP contribution < -0.4 is 0 Å². The van der Waals surface area contributed by atoms with E-state index in [0.29, 0.717) is 25.1 Å². The number of aromatic nitrogens is 1. The molecule has 29 heavy (non-hydrogen) atoms. The molecule has 0 radical (unpaired) electrons. The van der Waals surface area contributed by atoms with Crippen molar-refractivity contribution < 1.29 is 9.53 Å². The first-order chi connectivity index (χ1) is 14.2. The summed E-state index contributed by atoms with van der Waals surface area (Å²) in [4.78, 5) is 20.6. The number of ether oxygens (including phenoxy) is 1. The summed E-state index contributed by atoms with van der Waals surface area (Å²) in [5, 5.41) is 1.35. The van der Waals surface area contributed by atoms with Crippen molar-refractivity contribution in [2.24, 2.45) is 0 Å². The first-order valence-electron chi connectivity index (χ1n) is 10.5. The van der Waals surface area contributed by atoms with Gasteiger partial charge in [-0.2, -0.15) is 0 Å². The number of fused-ring (bicyclic) bond motifs is 5. The van der Waals surface area contributed by atoms with Crippen LogP contribution in [0.4, 0.5) is 0 Å². The molecule has 5 nitrogen and oxygen atoms in total. The average molecular weight is 389 g/mol. The van der Waals surface area contributed by atoms with Crippen molar-refractivity contribution >= 4 is 16.9 Å². The molecule has 5 heteroatoms. The summed E-state index contributed by atoms with van der Waals surface area (Å²) in [6.45, 7) is 5.28. The molecule has 2 aliphatic rings. The Balaban J connectivity index is 1.53. The highest BCUT2D eigenvalue weighted by Gasteiger charge is 2.41. The van der Waals surface area contributed by atoms with E-state index >= 15 is 0 Å². The van der Waals surface area contributed by atoms with E-state index in [-0.39, 0.29) is 5.97 Å². The van der Waals surface area contributed by atoms with Crippen molar-refractivity contribution in [2.45, 2.75) is 25.3 Å². The Labute approximate surface area is 171 Å². The molecule has 150 valence electrons. The Kier molecular flexibility index (Phi) is 4.86. The smallest absolute Gasteiger partial charge is 0.320 e. The molecular formula is C24H27N3O2. The number of hydrogen-bond donors (Lipinski definition) is 1. The van der Waals surface area contributed by atoms with Crippen LogP contribution in [0.15, 0.2) is 54.6 Å². The van der Waals surface area contributed by atoms with E-state index in [9.17, 15) is 4.79 Å². The first-order valence-corrected chi connectivity index (χ1v) is 10.5. The summed E-state index contributed by atoms with van der Waals surface area (Å²) in [6.07, 6.45) is 1.03. The lowest BCUT2D eigenvalue weighted by Crippen LogP contribution is -2.53. The zero-order valence-electron chi connectivity index (χ0n) is 16.8. The van der Waals surface area contributed by atoms with Gasteiger partial charge in [0.05, 0.1) is 25.9 Å². The molecule has 3 aromatic rings. The molecule has 1 fully saturated rings. The Morgan fingerprint density at radius 1 is 1.14 bits per heavy atom. The summed E-state index contributed by atoms with van der Waals surface area (Å²) >= 11 is 0. The number of carbonyl (C=O) groups is 1. The molecule has 0 unspecified atom stereocenters. The number of benzene rings is 2. The minimum absolute atomic E-state index is 0.138. The van der Waals surface area contributed by atoms with E-state index < -0.39 is 0 Å². The topological polar surface area (TPSA) is 48.6 Å². The highest BCUT2D eigenvalue weighted by Crippen LogP contribution is 2.44. The van der Waals surface area contributed by atoms with Crippen LogP contribution in [0.1, 0.15) is 35.7 Å². The standard InChI is InChI=1S/C24H27N3O2/c1-2-29-22(28)15-26-14-20(17-8-4-3-5-9-17)24-23-19(12-13-27(24)16-26)18-10-6-7-11-21(18)25-23/h3-11,20,24-25H,2,12-16H2,1H3/t20-,24-/m1/s1. The van der Waals surface area contributed by atoms with Gasteiger partial charge in [0.1, 0.15) is 0 Å². The summed E-state index contributed by atoms with van der Waals surface area (Å²) in [6, 6.07) is 19.6. The van der Waals surface area contributed by atoms with Crippen molar-refractivity contribution in [3.05, 3.63) is 71.4 Å². The zero-order chi connectivity index (χ0) is 19.8. The van der Waals surface area contributed by atoms with Crippen LogP contribution in [0.5, 0.6) is 0 Å². The van der Waals surface area contributed by atoms with Crippen molar-refractivity contribution in [3.63, 3.8) is 0 Å². The first kappa shape index (κ1) is 18.4. The van der Waals surface area contributed by atoms with Crippen LogP contribution in [0.2, 0.25) is 0 Å². The number of para-hydroxylation sites is 1. The maximum Gasteiger partial charge on any atom is 0.320 e. The van der Waals surface area contributed by atoms with E-state index in [1.165, 1.54) is 27.7 Å². The second kappa shape index (κ2) is 7.65. The molecule has 2 aliphatic heterocycles. The molecule has 1 aromatic heterocycles. The van der Waals surface area contributed by atoms with E-state index in [1.807, 2.05) is 6.92 Å². The fraction of sp³-hybridized carbons (Fsp3) is 0.375. The van der Waals surface area contributed by atoms with Gasteiger partial charge in [-0.3, -0.25) is 14.6 Å². The highest BCUT2D eigenvalue weighted by molar-refractivity contribution is 5.85. The van der Waals surface area contributed by atoms with Gasteiger partial charge in [0, 0.05) is 35.6 Å². The van der Waals surface area contributed by atoms with Gasteiger partial charge in [-0.25, -0.2) is 0 Å². The Morgan fingerprint density at radius 2 is 1.93 bits per heavy atom. The largest absolute Gasteiger partial charge is 0.465 e. The Bertz CT molecular complexity index is 1010. The molecule has 0 saturated carbocycles. The number of carbonyl (C=O) groups excluding carboxylic acids is 1. The van der Waals surface area contributed by atoms with Gasteiger partial charge in [-0.1, -0.05) is 48.5 Å². The summed E-state index contributed by atoms with van der Waals surface area (Å²) < 4.78 is 5.21. The molecule has 0 aliphatic carbocycles. The summed E-state index contributed by atoms with van der Waals surface area (Å²) in [5.74, 6) is 0.160. The van der Waals surface area contributed by atoms with Gasteiger partial charge in [-0.05, 0) is 30.5 Å². The van der Waals surface area contributed by atoms with Crippen LogP contribution in [0.3, 0.4) is 0 Å². The molecule has 0 bridgehead atoms. The second-order valence-corrected chi connectivity index (χ2v) is 8.05. The number of aromatic amines is 1. The Hall–Kier alpha value is -2.63. The number of hydrogen-bond acceptors (Lipinski definition) is 4. The van der Waals surface area contributed by atoms with Crippen molar-refractivity contribution in [2.75, 3.05) is 32.9 Å². The Morgan fingerprint density at radius 3 is 2.76 bits per heavy atom. The van der Waals surface area contributed by atoms with E-state index in [4.69, 9.17) is 4.74 Å². The fourth-order valence-corrected chi connectivity index (χ4v) is 5.12. The number of nitrogens with one attached hydrogen (secondary N) is 1. The molecule has 0 spiro atoms. The van der Waals surface area contributed by atoms with E-state index in [1.54, 1.807) is 0 Å². The third-order valence-corrected chi connectivity index (χ3v) is 6.29. The van der Waals surface area contributed by atoms with Gasteiger partial charge >= 0.3 is 5.97 Å². The zero-order valence-corrected chi connectivity index (χ0v) is 16.8. The molecule has 1 saturated heterocycles. The molecule has 2 aromatic carbocycles. The summed E-state index contributed by atoms with van der Waals surface area (Å²) in [7, 11) is 0. The SMILES string of the molecule is CCOC(=O)CN1C[C@H](c2ccccc2)[C@@H]2c3[nH]c4ccccc4c3CCN2C1. The quantitative estimate of drug-likeness (QED) is 0.692. The van der Waals surface area contributed by atoms with E-state index in [2.05, 4.69) is 69.4 Å². The second-order valence-electron chi connectivity index (χ2n) is 8.05. The van der Waals surface area contributed by atoms with Crippen LogP contribution in [-0.2, 0) is 16.0 Å². The number of nitrogens with zero attached hydrogens (tertiary/aromatic N) is 2. The monoisotopic (exact) mass is 389 g/mol. The van der Waals surface area contributed by atoms with Crippen LogP contribution >= 0.6 is 0 Å². The van der Waals surface area contributed by atoms with Gasteiger partial charge in [0.25, 0.3) is 0 Å². The minimum atomic E-state index is -0.138. The maximum absolute atomic E-state index is 12.1. The molecule has 2 atom stereocenters. The number of esters is 1. The normalized spacial score (nSPS) is 22.2. The molecule has 5 rings (SSSR count). The summed E-state index contributed by atoms with van der Waals surface area (Å²) in [5.41, 5.74) is 5.35. The third-order valence-electron chi connectivity index (χ3n) is 6.29. The van der Waals surface area contributed by atoms with Gasteiger partial charge in [-0.15, -0.1) is 0 Å². The van der Waals surface area contributed by atoms with Gasteiger partial charge < -0.3 is 9.72 Å². The average Bonchev–Trinajstić information content (AvgIpc) is 3.12. The fourth-order valence-electron chi connectivity index (χ4n) is 5.12. The van der Waals surface area contributed by atoms with Gasteiger partial charge in [0.15, 0.2) is 0 Å². The van der Waals surface area contributed by atoms with Crippen LogP contribution in [-0.4, -0.2) is 53.7 Å². The highest BCUT2D eigenvalue weighted by atomic mass is 16.5. The van der Waals surface area contributed by atoms with E-state index in [0.717, 1.165) is 26.2 Å². The predicted molar refractivity (Wildman–Crippen MR) is 114 cm³/mol. The molecular weight excluding hydrogens is 362 g/mol. The lowest BCUT2D eigenvalue weighted by atomic mass is 9.82. The van der Waals surface area contributed by atoms with Crippen molar-refractivity contribution in [1.29, 1.82) is 0 Å². The minimum Gasteiger partial charge on any atom is -0.465 e.